The van der Waals surface area contributed by atoms with Gasteiger partial charge in [-0.25, -0.2) is 0 Å². The Kier molecular flexibility index (Phi) is 3.84. The van der Waals surface area contributed by atoms with Gasteiger partial charge in [0.1, 0.15) is 5.69 Å². The molecule has 1 atom stereocenters. The summed E-state index contributed by atoms with van der Waals surface area (Å²) in [5, 5.41) is 12.7. The van der Waals surface area contributed by atoms with E-state index in [1.807, 2.05) is 19.3 Å². The van der Waals surface area contributed by atoms with Crippen molar-refractivity contribution in [3.8, 4) is 0 Å². The van der Waals surface area contributed by atoms with E-state index in [2.05, 4.69) is 5.32 Å². The average Bonchev–Trinajstić information content (AvgIpc) is 2.95. The largest absolute Gasteiger partial charge is 0.391 e. The van der Waals surface area contributed by atoms with E-state index >= 15 is 0 Å². The number of amides is 1. The molecule has 0 aliphatic heterocycles. The van der Waals surface area contributed by atoms with Gasteiger partial charge in [0.05, 0.1) is 6.10 Å². The zero-order valence-electron chi connectivity index (χ0n) is 10.2. The lowest BCUT2D eigenvalue weighted by Crippen LogP contribution is -2.36. The lowest BCUT2D eigenvalue weighted by molar-refractivity contribution is 0.0834. The molecule has 0 bridgehead atoms. The van der Waals surface area contributed by atoms with E-state index in [-0.39, 0.29) is 5.91 Å². The van der Waals surface area contributed by atoms with E-state index in [9.17, 15) is 9.90 Å². The second-order valence-electron chi connectivity index (χ2n) is 4.83. The van der Waals surface area contributed by atoms with Gasteiger partial charge >= 0.3 is 0 Å². The molecule has 0 aromatic carbocycles. The van der Waals surface area contributed by atoms with Gasteiger partial charge in [-0.3, -0.25) is 4.79 Å². The van der Waals surface area contributed by atoms with Gasteiger partial charge in [-0.15, -0.1) is 0 Å². The number of carbonyl (C=O) groups is 1. The van der Waals surface area contributed by atoms with E-state index < -0.39 is 6.10 Å². The van der Waals surface area contributed by atoms with E-state index in [1.54, 1.807) is 10.6 Å². The predicted molar refractivity (Wildman–Crippen MR) is 65.7 cm³/mol. The molecule has 1 aromatic heterocycles. The van der Waals surface area contributed by atoms with Crippen molar-refractivity contribution in [1.29, 1.82) is 0 Å². The Hall–Kier alpha value is -1.29. The maximum atomic E-state index is 11.8. The number of aliphatic hydroxyl groups excluding tert-OH is 1. The van der Waals surface area contributed by atoms with Crippen molar-refractivity contribution in [3.05, 3.63) is 24.0 Å². The molecule has 1 aliphatic carbocycles. The molecule has 2 N–H and O–H groups in total. The Bertz CT molecular complexity index is 381. The van der Waals surface area contributed by atoms with Crippen LogP contribution < -0.4 is 5.32 Å². The minimum absolute atomic E-state index is 0.116. The second kappa shape index (κ2) is 5.36. The van der Waals surface area contributed by atoms with Gasteiger partial charge in [0.25, 0.3) is 5.91 Å². The number of rotatable bonds is 4. The van der Waals surface area contributed by atoms with Crippen molar-refractivity contribution >= 4 is 5.91 Å². The molecule has 1 aromatic rings. The third-order valence-corrected chi connectivity index (χ3v) is 3.59. The monoisotopic (exact) mass is 236 g/mol. The Balaban J connectivity index is 1.82. The summed E-state index contributed by atoms with van der Waals surface area (Å²) in [7, 11) is 1.84. The van der Waals surface area contributed by atoms with Crippen LogP contribution in [-0.4, -0.2) is 28.2 Å². The molecule has 1 fully saturated rings. The molecule has 2 rings (SSSR count). The maximum Gasteiger partial charge on any atom is 0.267 e. The van der Waals surface area contributed by atoms with Crippen LogP contribution in [0.5, 0.6) is 0 Å². The van der Waals surface area contributed by atoms with Gasteiger partial charge in [-0.2, -0.15) is 0 Å². The molecule has 0 radical (unpaired) electrons. The molecule has 0 saturated heterocycles. The first kappa shape index (κ1) is 12.2. The predicted octanol–water partition coefficient (Wildman–Crippen LogP) is 1.31. The highest BCUT2D eigenvalue weighted by atomic mass is 16.3. The van der Waals surface area contributed by atoms with Crippen molar-refractivity contribution in [2.75, 3.05) is 6.54 Å². The number of nitrogens with zero attached hydrogens (tertiary/aromatic N) is 1. The quantitative estimate of drug-likeness (QED) is 0.828. The molecule has 0 spiro atoms. The summed E-state index contributed by atoms with van der Waals surface area (Å²) in [5.41, 5.74) is 0.628. The molecule has 4 heteroatoms. The lowest BCUT2D eigenvalue weighted by Gasteiger charge is -2.18. The van der Waals surface area contributed by atoms with Crippen LogP contribution in [0.15, 0.2) is 18.3 Å². The smallest absolute Gasteiger partial charge is 0.267 e. The Labute approximate surface area is 102 Å². The van der Waals surface area contributed by atoms with Crippen LogP contribution in [0.1, 0.15) is 36.2 Å². The highest BCUT2D eigenvalue weighted by Crippen LogP contribution is 2.27. The first-order valence-corrected chi connectivity index (χ1v) is 6.26. The van der Waals surface area contributed by atoms with Crippen LogP contribution in [0.2, 0.25) is 0 Å². The highest BCUT2D eigenvalue weighted by molar-refractivity contribution is 5.92. The molecule has 17 heavy (non-hydrogen) atoms. The van der Waals surface area contributed by atoms with E-state index in [0.29, 0.717) is 18.2 Å². The van der Waals surface area contributed by atoms with Gasteiger partial charge in [-0.05, 0) is 30.9 Å². The fourth-order valence-corrected chi connectivity index (χ4v) is 2.49. The number of hydrogen-bond acceptors (Lipinski definition) is 2. The number of aromatic nitrogens is 1. The van der Waals surface area contributed by atoms with Crippen molar-refractivity contribution < 1.29 is 9.90 Å². The van der Waals surface area contributed by atoms with Gasteiger partial charge in [-0.1, -0.05) is 12.8 Å². The summed E-state index contributed by atoms with van der Waals surface area (Å²) >= 11 is 0. The average molecular weight is 236 g/mol. The SMILES string of the molecule is Cn1cccc1C(=O)NCC(O)C1CCCC1. The lowest BCUT2D eigenvalue weighted by atomic mass is 10.0. The fourth-order valence-electron chi connectivity index (χ4n) is 2.49. The van der Waals surface area contributed by atoms with Crippen molar-refractivity contribution in [1.82, 2.24) is 9.88 Å². The third-order valence-electron chi connectivity index (χ3n) is 3.59. The number of aryl methyl sites for hydroxylation is 1. The molecular formula is C13H20N2O2. The molecule has 4 nitrogen and oxygen atoms in total. The number of hydrogen-bond donors (Lipinski definition) is 2. The molecule has 1 aliphatic rings. The Morgan fingerprint density at radius 2 is 2.29 bits per heavy atom. The van der Waals surface area contributed by atoms with Crippen LogP contribution in [0.4, 0.5) is 0 Å². The van der Waals surface area contributed by atoms with Crippen LogP contribution in [0, 0.1) is 5.92 Å². The van der Waals surface area contributed by atoms with E-state index in [0.717, 1.165) is 12.8 Å². The van der Waals surface area contributed by atoms with E-state index in [4.69, 9.17) is 0 Å². The van der Waals surface area contributed by atoms with Crippen molar-refractivity contribution in [2.24, 2.45) is 13.0 Å². The van der Waals surface area contributed by atoms with Gasteiger partial charge in [0.2, 0.25) is 0 Å². The normalized spacial score (nSPS) is 18.2. The Morgan fingerprint density at radius 1 is 1.59 bits per heavy atom. The second-order valence-corrected chi connectivity index (χ2v) is 4.83. The maximum absolute atomic E-state index is 11.8. The zero-order valence-corrected chi connectivity index (χ0v) is 10.2. The first-order chi connectivity index (χ1) is 8.18. The van der Waals surface area contributed by atoms with E-state index in [1.165, 1.54) is 12.8 Å². The zero-order chi connectivity index (χ0) is 12.3. The number of carbonyl (C=O) groups excluding carboxylic acids is 1. The molecule has 1 unspecified atom stereocenters. The van der Waals surface area contributed by atoms with Gasteiger partial charge in [0.15, 0.2) is 0 Å². The minimum Gasteiger partial charge on any atom is -0.391 e. The summed E-state index contributed by atoms with van der Waals surface area (Å²) < 4.78 is 1.78. The van der Waals surface area contributed by atoms with Crippen LogP contribution in [0.3, 0.4) is 0 Å². The summed E-state index contributed by atoms with van der Waals surface area (Å²) in [6.07, 6.45) is 6.01. The molecule has 1 heterocycles. The topological polar surface area (TPSA) is 54.3 Å². The number of aliphatic hydroxyl groups is 1. The molecule has 1 saturated carbocycles. The molecule has 94 valence electrons. The third kappa shape index (κ3) is 2.88. The summed E-state index contributed by atoms with van der Waals surface area (Å²) in [4.78, 5) is 11.8. The highest BCUT2D eigenvalue weighted by Gasteiger charge is 2.23. The number of nitrogens with one attached hydrogen (secondary N) is 1. The van der Waals surface area contributed by atoms with Crippen LogP contribution >= 0.6 is 0 Å². The van der Waals surface area contributed by atoms with Crippen molar-refractivity contribution in [2.45, 2.75) is 31.8 Å². The molecule has 1 amide bonds. The standard InChI is InChI=1S/C13H20N2O2/c1-15-8-4-7-11(15)13(17)14-9-12(16)10-5-2-3-6-10/h4,7-8,10,12,16H,2-3,5-6,9H2,1H3,(H,14,17). The first-order valence-electron chi connectivity index (χ1n) is 6.26. The van der Waals surface area contributed by atoms with Gasteiger partial charge in [0, 0.05) is 19.8 Å². The van der Waals surface area contributed by atoms with Gasteiger partial charge < -0.3 is 15.0 Å². The summed E-state index contributed by atoms with van der Waals surface area (Å²) in [6, 6.07) is 3.61. The fraction of sp³-hybridized carbons (Fsp3) is 0.615. The van der Waals surface area contributed by atoms with Crippen LogP contribution in [-0.2, 0) is 7.05 Å². The summed E-state index contributed by atoms with van der Waals surface area (Å²) in [6.45, 7) is 0.356. The minimum atomic E-state index is -0.401. The van der Waals surface area contributed by atoms with Crippen LogP contribution in [0.25, 0.3) is 0 Å². The van der Waals surface area contributed by atoms with Crippen molar-refractivity contribution in [3.63, 3.8) is 0 Å². The Morgan fingerprint density at radius 3 is 2.88 bits per heavy atom. The summed E-state index contributed by atoms with van der Waals surface area (Å²) in [5.74, 6) is 0.248. The molecular weight excluding hydrogens is 216 g/mol.